The van der Waals surface area contributed by atoms with Gasteiger partial charge in [-0.15, -0.1) is 0 Å². The highest BCUT2D eigenvalue weighted by Crippen LogP contribution is 2.40. The predicted octanol–water partition coefficient (Wildman–Crippen LogP) is 0.978. The second kappa shape index (κ2) is 19.9. The molecule has 4 rings (SSSR count). The summed E-state index contributed by atoms with van der Waals surface area (Å²) in [5.74, 6) is -4.52. The number of aliphatic carboxylic acids is 3. The van der Waals surface area contributed by atoms with Crippen molar-refractivity contribution in [1.82, 2.24) is 20.7 Å². The van der Waals surface area contributed by atoms with Gasteiger partial charge in [-0.2, -0.15) is 0 Å². The maximum absolute atomic E-state index is 13.1. The van der Waals surface area contributed by atoms with Gasteiger partial charge >= 0.3 is 34.8 Å². The molecule has 2 heterocycles. The average molecular weight is 770 g/mol. The topological polar surface area (TPSA) is 279 Å². The molecule has 0 radical (unpaired) electrons. The number of hydrogen-bond donors (Lipinski definition) is 5. The fraction of sp³-hybridized carbons (Fsp3) is 0.606. The number of hydrogen-bond acceptors (Lipinski definition) is 14. The molecule has 5 N–H and O–H groups in total. The first-order valence-electron chi connectivity index (χ1n) is 17.3. The molecule has 2 aliphatic rings. The number of aromatic nitrogens is 2. The van der Waals surface area contributed by atoms with Crippen LogP contribution in [0.1, 0.15) is 72.1 Å². The molecule has 53 heavy (non-hydrogen) atoms. The van der Waals surface area contributed by atoms with Gasteiger partial charge in [0.05, 0.1) is 29.1 Å². The summed E-state index contributed by atoms with van der Waals surface area (Å²) in [6.45, 7) is 5.27. The summed E-state index contributed by atoms with van der Waals surface area (Å²) in [5, 5.41) is 46.7. The minimum Gasteiger partial charge on any atom is -0.481 e. The second-order valence-corrected chi connectivity index (χ2v) is 14.4. The van der Waals surface area contributed by atoms with Crippen LogP contribution in [0.2, 0.25) is 0 Å². The molecule has 1 aliphatic carbocycles. The summed E-state index contributed by atoms with van der Waals surface area (Å²) in [4.78, 5) is 59.5. The Bertz CT molecular complexity index is 1670. The fourth-order valence-electron chi connectivity index (χ4n) is 6.44. The lowest BCUT2D eigenvalue weighted by atomic mass is 9.84. The Morgan fingerprint density at radius 3 is 2.36 bits per heavy atom. The minimum atomic E-state index is -4.26. The van der Waals surface area contributed by atoms with Crippen molar-refractivity contribution in [3.63, 3.8) is 0 Å². The largest absolute Gasteiger partial charge is 0.481 e. The molecule has 20 heteroatoms. The number of benzene rings is 1. The SMILES string of the molecule is CCC[C@H](N[C@@H](C)C(=O)N1C(C(=O)O)C[C@@H]2CCCC[C@@H]21)C(=O)OCC.O=C(O)C[C@H](NCCOc1no[n+]([O-])c1S(=O)(=O)c1ccccc1)C(=O)O. The Morgan fingerprint density at radius 2 is 1.75 bits per heavy atom. The molecular formula is C33H47N5O14S. The van der Waals surface area contributed by atoms with Crippen LogP contribution in [0.15, 0.2) is 44.9 Å². The quantitative estimate of drug-likeness (QED) is 0.0802. The van der Waals surface area contributed by atoms with Crippen LogP contribution < -0.4 is 20.3 Å². The van der Waals surface area contributed by atoms with Gasteiger partial charge in [0, 0.05) is 12.6 Å². The summed E-state index contributed by atoms with van der Waals surface area (Å²) in [5.41, 5.74) is 0. The van der Waals surface area contributed by atoms with Gasteiger partial charge in [-0.3, -0.25) is 29.1 Å². The third-order valence-electron chi connectivity index (χ3n) is 8.86. The fourth-order valence-corrected chi connectivity index (χ4v) is 7.73. The molecule has 19 nitrogen and oxygen atoms in total. The highest BCUT2D eigenvalue weighted by Gasteiger charge is 2.48. The molecule has 294 valence electrons. The number of carbonyl (C=O) groups is 5. The van der Waals surface area contributed by atoms with E-state index in [1.807, 2.05) is 6.92 Å². The van der Waals surface area contributed by atoms with Crippen molar-refractivity contribution in [1.29, 1.82) is 0 Å². The maximum atomic E-state index is 13.1. The van der Waals surface area contributed by atoms with E-state index in [-0.39, 0.29) is 46.8 Å². The van der Waals surface area contributed by atoms with Crippen molar-refractivity contribution >= 4 is 39.6 Å². The number of carboxylic acid groups (broad SMARTS) is 3. The van der Waals surface area contributed by atoms with Crippen LogP contribution >= 0.6 is 0 Å². The van der Waals surface area contributed by atoms with E-state index in [9.17, 15) is 42.7 Å². The first-order valence-corrected chi connectivity index (χ1v) is 18.8. The van der Waals surface area contributed by atoms with Gasteiger partial charge in [0.25, 0.3) is 9.84 Å². The molecule has 1 amide bonds. The van der Waals surface area contributed by atoms with Gasteiger partial charge in [0.2, 0.25) is 5.91 Å². The number of rotatable bonds is 18. The number of nitrogens with one attached hydrogen (secondary N) is 2. The van der Waals surface area contributed by atoms with Crippen molar-refractivity contribution in [2.45, 2.75) is 112 Å². The van der Waals surface area contributed by atoms with Gasteiger partial charge in [0.15, 0.2) is 0 Å². The molecule has 1 unspecified atom stereocenters. The van der Waals surface area contributed by atoms with E-state index in [0.29, 0.717) is 19.4 Å². The first-order chi connectivity index (χ1) is 25.1. The van der Waals surface area contributed by atoms with E-state index in [1.54, 1.807) is 24.8 Å². The molecule has 1 aliphatic heterocycles. The van der Waals surface area contributed by atoms with Crippen molar-refractivity contribution in [3.05, 3.63) is 35.5 Å². The molecular weight excluding hydrogens is 722 g/mol. The van der Waals surface area contributed by atoms with Crippen molar-refractivity contribution in [3.8, 4) is 5.88 Å². The molecule has 1 saturated carbocycles. The van der Waals surface area contributed by atoms with Crippen LogP contribution in [0.5, 0.6) is 5.88 Å². The maximum Gasteiger partial charge on any atom is 0.415 e. The monoisotopic (exact) mass is 769 g/mol. The molecule has 1 aromatic carbocycles. The summed E-state index contributed by atoms with van der Waals surface area (Å²) in [6, 6.07) is 3.79. The zero-order valence-electron chi connectivity index (χ0n) is 29.7. The van der Waals surface area contributed by atoms with Crippen LogP contribution in [0, 0.1) is 11.1 Å². The number of sulfone groups is 1. The number of nitrogens with zero attached hydrogens (tertiary/aromatic N) is 3. The van der Waals surface area contributed by atoms with Gasteiger partial charge in [0.1, 0.15) is 24.7 Å². The molecule has 0 spiro atoms. The number of amides is 1. The predicted molar refractivity (Wildman–Crippen MR) is 181 cm³/mol. The van der Waals surface area contributed by atoms with Gasteiger partial charge in [-0.05, 0) is 62.5 Å². The smallest absolute Gasteiger partial charge is 0.415 e. The number of esters is 1. The van der Waals surface area contributed by atoms with E-state index < -0.39 is 69.2 Å². The lowest BCUT2D eigenvalue weighted by Crippen LogP contribution is -2.55. The Labute approximate surface area is 306 Å². The average Bonchev–Trinajstić information content (AvgIpc) is 3.70. The van der Waals surface area contributed by atoms with E-state index in [0.717, 1.165) is 32.1 Å². The van der Waals surface area contributed by atoms with Crippen LogP contribution in [0.3, 0.4) is 0 Å². The lowest BCUT2D eigenvalue weighted by molar-refractivity contribution is -0.832. The van der Waals surface area contributed by atoms with Gasteiger partial charge in [-0.1, -0.05) is 44.4 Å². The standard InChI is InChI=1S/C19H32N2O5.C14H15N3O9S/c1-4-8-14(19(25)26-5-2)20-12(3)17(22)21-15-10-7-6-9-13(15)11-16(21)18(23)24;18-11(19)8-10(14(20)21)15-6-7-25-12-13(17(22)26-16-12)27(23,24)9-4-2-1-3-5-9/h12-16,20H,4-11H2,1-3H3,(H,23,24);1-5,10,15H,6-8H2,(H,18,19)(H,20,21)/t12-,13-,14-,15-,16?;10-/m00/s1. The van der Waals surface area contributed by atoms with Crippen LogP contribution in [0.4, 0.5) is 0 Å². The number of carbonyl (C=O) groups excluding carboxylic acids is 2. The third kappa shape index (κ3) is 11.3. The molecule has 0 bridgehead atoms. The second-order valence-electron chi connectivity index (χ2n) is 12.6. The zero-order chi connectivity index (χ0) is 39.3. The Morgan fingerprint density at radius 1 is 1.08 bits per heavy atom. The molecule has 2 fully saturated rings. The van der Waals surface area contributed by atoms with Crippen molar-refractivity contribution in [2.75, 3.05) is 19.8 Å². The highest BCUT2D eigenvalue weighted by molar-refractivity contribution is 7.91. The summed E-state index contributed by atoms with van der Waals surface area (Å²) < 4.78 is 39.5. The van der Waals surface area contributed by atoms with Crippen molar-refractivity contribution < 1.29 is 66.7 Å². The van der Waals surface area contributed by atoms with E-state index in [4.69, 9.17) is 19.7 Å². The number of ether oxygens (including phenoxy) is 2. The Hall–Kier alpha value is -4.82. The van der Waals surface area contributed by atoms with Gasteiger partial charge < -0.3 is 40.2 Å². The normalized spacial score (nSPS) is 19.8. The van der Waals surface area contributed by atoms with E-state index >= 15 is 0 Å². The molecule has 1 saturated heterocycles. The molecule has 1 aromatic heterocycles. The minimum absolute atomic E-state index is 0.00817. The highest BCUT2D eigenvalue weighted by atomic mass is 32.2. The number of fused-ring (bicyclic) bond motifs is 1. The number of likely N-dealkylation sites (tertiary alicyclic amines) is 1. The van der Waals surface area contributed by atoms with Crippen LogP contribution in [-0.4, -0.2) is 114 Å². The van der Waals surface area contributed by atoms with Crippen molar-refractivity contribution in [2.24, 2.45) is 5.92 Å². The molecule has 2 aromatic rings. The van der Waals surface area contributed by atoms with Crippen LogP contribution in [0.25, 0.3) is 0 Å². The van der Waals surface area contributed by atoms with E-state index in [1.165, 1.54) is 24.3 Å². The zero-order valence-corrected chi connectivity index (χ0v) is 30.5. The summed E-state index contributed by atoms with van der Waals surface area (Å²) >= 11 is 0. The third-order valence-corrected chi connectivity index (χ3v) is 10.6. The summed E-state index contributed by atoms with van der Waals surface area (Å²) in [7, 11) is -4.26. The first kappa shape index (κ1) is 42.6. The lowest BCUT2D eigenvalue weighted by Gasteiger charge is -2.35. The van der Waals surface area contributed by atoms with E-state index in [2.05, 4.69) is 20.4 Å². The Kier molecular flexibility index (Phi) is 16.0. The number of carboxylic acids is 3. The van der Waals surface area contributed by atoms with Crippen LogP contribution in [-0.2, 0) is 38.5 Å². The summed E-state index contributed by atoms with van der Waals surface area (Å²) in [6.07, 6.45) is 5.21. The Balaban J connectivity index is 0.000000286. The van der Waals surface area contributed by atoms with Gasteiger partial charge in [-0.25, -0.2) is 13.2 Å². The molecule has 6 atom stereocenters.